The quantitative estimate of drug-likeness (QED) is 0.932. The van der Waals surface area contributed by atoms with Gasteiger partial charge in [-0.1, -0.05) is 6.42 Å². The summed E-state index contributed by atoms with van der Waals surface area (Å²) < 4.78 is 38.9. The number of aromatic nitrogens is 2. The van der Waals surface area contributed by atoms with Gasteiger partial charge in [0.25, 0.3) is 5.91 Å². The molecule has 7 heteroatoms. The fraction of sp³-hybridized carbons (Fsp3) is 0.733. The molecule has 122 valence electrons. The van der Waals surface area contributed by atoms with Crippen molar-refractivity contribution in [1.82, 2.24) is 15.1 Å². The fourth-order valence-electron chi connectivity index (χ4n) is 4.14. The van der Waals surface area contributed by atoms with Gasteiger partial charge in [0.1, 0.15) is 5.69 Å². The standard InChI is InChI=1S/C15H20F3N3O/c1-8(11-6-9-3-4-10(11)5-9)19-14(22)12-7-13(15(16,17)18)21(2)20-12/h7-11H,3-6H2,1-2H3,(H,19,22)/t8-,9+,10+,11-/m0/s1. The molecule has 1 amide bonds. The zero-order chi connectivity index (χ0) is 16.1. The smallest absolute Gasteiger partial charge is 0.348 e. The lowest BCUT2D eigenvalue weighted by Gasteiger charge is -2.28. The number of fused-ring (bicyclic) bond motifs is 2. The molecule has 2 bridgehead atoms. The minimum absolute atomic E-state index is 0.0286. The topological polar surface area (TPSA) is 46.9 Å². The molecule has 0 aromatic carbocycles. The maximum absolute atomic E-state index is 12.7. The van der Waals surface area contributed by atoms with Crippen LogP contribution in [0.25, 0.3) is 0 Å². The van der Waals surface area contributed by atoms with Crippen molar-refractivity contribution in [1.29, 1.82) is 0 Å². The normalized spacial score (nSPS) is 28.9. The van der Waals surface area contributed by atoms with Gasteiger partial charge >= 0.3 is 6.18 Å². The molecule has 4 atom stereocenters. The van der Waals surface area contributed by atoms with Crippen molar-refractivity contribution >= 4 is 5.91 Å². The number of carbonyl (C=O) groups is 1. The number of amides is 1. The maximum atomic E-state index is 12.7. The van der Waals surface area contributed by atoms with Gasteiger partial charge in [0.05, 0.1) is 0 Å². The van der Waals surface area contributed by atoms with E-state index >= 15 is 0 Å². The molecular formula is C15H20F3N3O. The number of hydrogen-bond donors (Lipinski definition) is 1. The van der Waals surface area contributed by atoms with Gasteiger partial charge in [-0.25, -0.2) is 0 Å². The van der Waals surface area contributed by atoms with Crippen molar-refractivity contribution in [2.75, 3.05) is 0 Å². The summed E-state index contributed by atoms with van der Waals surface area (Å²) in [7, 11) is 1.19. The molecule has 0 spiro atoms. The van der Waals surface area contributed by atoms with Crippen LogP contribution in [0.4, 0.5) is 13.2 Å². The molecule has 2 aliphatic carbocycles. The molecule has 2 saturated carbocycles. The van der Waals surface area contributed by atoms with Crippen molar-refractivity contribution < 1.29 is 18.0 Å². The van der Waals surface area contributed by atoms with E-state index in [1.54, 1.807) is 0 Å². The largest absolute Gasteiger partial charge is 0.433 e. The monoisotopic (exact) mass is 315 g/mol. The zero-order valence-electron chi connectivity index (χ0n) is 12.7. The van der Waals surface area contributed by atoms with Gasteiger partial charge in [-0.3, -0.25) is 9.48 Å². The average molecular weight is 315 g/mol. The lowest BCUT2D eigenvalue weighted by Crippen LogP contribution is -2.40. The molecule has 4 nitrogen and oxygen atoms in total. The van der Waals surface area contributed by atoms with Crippen molar-refractivity contribution in [2.45, 2.75) is 44.8 Å². The van der Waals surface area contributed by atoms with Crippen molar-refractivity contribution in [3.63, 3.8) is 0 Å². The summed E-state index contributed by atoms with van der Waals surface area (Å²) in [4.78, 5) is 12.2. The van der Waals surface area contributed by atoms with Gasteiger partial charge < -0.3 is 5.32 Å². The molecule has 0 aliphatic heterocycles. The van der Waals surface area contributed by atoms with E-state index < -0.39 is 17.8 Å². The first kappa shape index (κ1) is 15.4. The van der Waals surface area contributed by atoms with Crippen LogP contribution in [-0.4, -0.2) is 21.7 Å². The second kappa shape index (κ2) is 5.28. The van der Waals surface area contributed by atoms with Crippen LogP contribution in [0.15, 0.2) is 6.07 Å². The Morgan fingerprint density at radius 1 is 1.41 bits per heavy atom. The number of alkyl halides is 3. The number of nitrogens with one attached hydrogen (secondary N) is 1. The lowest BCUT2D eigenvalue weighted by molar-refractivity contribution is -0.143. The average Bonchev–Trinajstić information content (AvgIpc) is 3.11. The van der Waals surface area contributed by atoms with Crippen LogP contribution < -0.4 is 5.32 Å². The first-order valence-electron chi connectivity index (χ1n) is 7.68. The van der Waals surface area contributed by atoms with Gasteiger partial charge in [0, 0.05) is 19.2 Å². The molecule has 1 N–H and O–H groups in total. The Kier molecular flexibility index (Phi) is 3.69. The van der Waals surface area contributed by atoms with E-state index in [0.29, 0.717) is 16.5 Å². The summed E-state index contributed by atoms with van der Waals surface area (Å²) in [5.74, 6) is 1.32. The van der Waals surface area contributed by atoms with Crippen molar-refractivity contribution in [2.24, 2.45) is 24.8 Å². The van der Waals surface area contributed by atoms with Crippen LogP contribution >= 0.6 is 0 Å². The predicted octanol–water partition coefficient (Wildman–Crippen LogP) is 2.99. The third-order valence-corrected chi connectivity index (χ3v) is 5.20. The maximum Gasteiger partial charge on any atom is 0.433 e. The summed E-state index contributed by atoms with van der Waals surface area (Å²) in [6.45, 7) is 1.94. The Hall–Kier alpha value is -1.53. The highest BCUT2D eigenvalue weighted by Gasteiger charge is 2.42. The van der Waals surface area contributed by atoms with E-state index in [1.807, 2.05) is 6.92 Å². The fourth-order valence-corrected chi connectivity index (χ4v) is 4.14. The third kappa shape index (κ3) is 2.73. The Labute approximate surface area is 127 Å². The highest BCUT2D eigenvalue weighted by Crippen LogP contribution is 2.49. The van der Waals surface area contributed by atoms with Gasteiger partial charge in [-0.05, 0) is 43.9 Å². The van der Waals surface area contributed by atoms with Gasteiger partial charge in [-0.2, -0.15) is 18.3 Å². The van der Waals surface area contributed by atoms with Crippen molar-refractivity contribution in [3.8, 4) is 0 Å². The van der Waals surface area contributed by atoms with Crippen molar-refractivity contribution in [3.05, 3.63) is 17.5 Å². The Morgan fingerprint density at radius 2 is 2.14 bits per heavy atom. The van der Waals surface area contributed by atoms with E-state index in [1.165, 1.54) is 26.3 Å². The molecule has 0 radical (unpaired) electrons. The van der Waals surface area contributed by atoms with E-state index in [4.69, 9.17) is 0 Å². The van der Waals surface area contributed by atoms with Gasteiger partial charge in [-0.15, -0.1) is 0 Å². The second-order valence-corrected chi connectivity index (χ2v) is 6.64. The summed E-state index contributed by atoms with van der Waals surface area (Å²) in [5.41, 5.74) is -1.09. The number of rotatable bonds is 3. The third-order valence-electron chi connectivity index (χ3n) is 5.20. The molecule has 1 aromatic heterocycles. The second-order valence-electron chi connectivity index (χ2n) is 6.64. The van der Waals surface area contributed by atoms with Crippen LogP contribution in [0.3, 0.4) is 0 Å². The summed E-state index contributed by atoms with van der Waals surface area (Å²) in [6.07, 6.45) is 0.319. The molecule has 1 aromatic rings. The highest BCUT2D eigenvalue weighted by atomic mass is 19.4. The summed E-state index contributed by atoms with van der Waals surface area (Å²) in [5, 5.41) is 6.52. The highest BCUT2D eigenvalue weighted by molar-refractivity contribution is 5.92. The predicted molar refractivity (Wildman–Crippen MR) is 74.1 cm³/mol. The van der Waals surface area contributed by atoms with Crippen LogP contribution in [0.1, 0.15) is 48.8 Å². The van der Waals surface area contributed by atoms with E-state index in [9.17, 15) is 18.0 Å². The molecular weight excluding hydrogens is 295 g/mol. The van der Waals surface area contributed by atoms with Gasteiger partial charge in [0.15, 0.2) is 5.69 Å². The molecule has 2 aliphatic rings. The number of halogens is 3. The van der Waals surface area contributed by atoms with Crippen LogP contribution in [0.5, 0.6) is 0 Å². The first-order chi connectivity index (χ1) is 10.3. The van der Waals surface area contributed by atoms with E-state index in [-0.39, 0.29) is 11.7 Å². The summed E-state index contributed by atoms with van der Waals surface area (Å²) in [6, 6.07) is 0.780. The van der Waals surface area contributed by atoms with E-state index in [2.05, 4.69) is 10.4 Å². The molecule has 2 fully saturated rings. The van der Waals surface area contributed by atoms with Gasteiger partial charge in [0.2, 0.25) is 0 Å². The number of aryl methyl sites for hydroxylation is 1. The summed E-state index contributed by atoms with van der Waals surface area (Å²) >= 11 is 0. The minimum Gasteiger partial charge on any atom is -0.348 e. The number of nitrogens with zero attached hydrogens (tertiary/aromatic N) is 2. The number of carbonyl (C=O) groups excluding carboxylic acids is 1. The molecule has 1 heterocycles. The number of hydrogen-bond acceptors (Lipinski definition) is 2. The Morgan fingerprint density at radius 3 is 2.64 bits per heavy atom. The molecule has 0 saturated heterocycles. The van der Waals surface area contributed by atoms with Crippen LogP contribution in [-0.2, 0) is 13.2 Å². The minimum atomic E-state index is -4.50. The molecule has 22 heavy (non-hydrogen) atoms. The van der Waals surface area contributed by atoms with E-state index in [0.717, 1.165) is 18.4 Å². The van der Waals surface area contributed by atoms with Crippen LogP contribution in [0, 0.1) is 17.8 Å². The first-order valence-corrected chi connectivity index (χ1v) is 7.68. The lowest BCUT2D eigenvalue weighted by atomic mass is 9.84. The SMILES string of the molecule is C[C@H](NC(=O)c1cc(C(F)(F)F)n(C)n1)[C@@H]1C[C@@H]2CC[C@@H]1C2. The Balaban J connectivity index is 1.67. The molecule has 0 unspecified atom stereocenters. The van der Waals surface area contributed by atoms with Crippen LogP contribution in [0.2, 0.25) is 0 Å². The Bertz CT molecular complexity index is 581. The zero-order valence-corrected chi connectivity index (χ0v) is 12.7. The molecule has 3 rings (SSSR count).